The minimum absolute atomic E-state index is 0.150. The van der Waals surface area contributed by atoms with Crippen molar-refractivity contribution in [1.29, 1.82) is 0 Å². The van der Waals surface area contributed by atoms with Gasteiger partial charge in [-0.2, -0.15) is 0 Å². The molecule has 3 rings (SSSR count). The first-order valence-corrected chi connectivity index (χ1v) is 8.34. The van der Waals surface area contributed by atoms with Crippen molar-refractivity contribution in [3.8, 4) is 0 Å². The number of aromatic amines is 1. The van der Waals surface area contributed by atoms with Gasteiger partial charge in [-0.3, -0.25) is 4.79 Å². The number of nitrogens with zero attached hydrogens (tertiary/aromatic N) is 1. The van der Waals surface area contributed by atoms with Crippen molar-refractivity contribution in [2.24, 2.45) is 5.73 Å². The summed E-state index contributed by atoms with van der Waals surface area (Å²) in [6.45, 7) is 0.276. The van der Waals surface area contributed by atoms with E-state index in [-0.39, 0.29) is 18.5 Å². The zero-order chi connectivity index (χ0) is 16.2. The Bertz CT molecular complexity index is 685. The van der Waals surface area contributed by atoms with Crippen LogP contribution in [0, 0.1) is 0 Å². The lowest BCUT2D eigenvalue weighted by Crippen LogP contribution is -2.38. The number of benzene rings is 1. The molecule has 1 saturated carbocycles. The number of carbonyl (C=O) groups is 1. The smallest absolute Gasteiger partial charge is 0.272 e. The molecule has 1 aromatic heterocycles. The fourth-order valence-electron chi connectivity index (χ4n) is 3.31. The zero-order valence-electron chi connectivity index (χ0n) is 12.9. The van der Waals surface area contributed by atoms with E-state index in [9.17, 15) is 4.79 Å². The van der Waals surface area contributed by atoms with E-state index in [2.05, 4.69) is 21.4 Å². The molecule has 23 heavy (non-hydrogen) atoms. The molecule has 0 saturated heterocycles. The third kappa shape index (κ3) is 3.74. The highest BCUT2D eigenvalue weighted by atomic mass is 35.5. The van der Waals surface area contributed by atoms with Crippen LogP contribution in [0.5, 0.6) is 0 Å². The number of imidazole rings is 1. The van der Waals surface area contributed by atoms with Gasteiger partial charge in [-0.1, -0.05) is 30.2 Å². The summed E-state index contributed by atoms with van der Waals surface area (Å²) in [7, 11) is 0. The summed E-state index contributed by atoms with van der Waals surface area (Å²) >= 11 is 6.09. The predicted octanol–water partition coefficient (Wildman–Crippen LogP) is 2.98. The van der Waals surface area contributed by atoms with Crippen molar-refractivity contribution in [2.75, 3.05) is 0 Å². The van der Waals surface area contributed by atoms with E-state index < -0.39 is 0 Å². The van der Waals surface area contributed by atoms with Crippen LogP contribution in [0.3, 0.4) is 0 Å². The molecule has 0 aliphatic heterocycles. The van der Waals surface area contributed by atoms with Gasteiger partial charge in [0.2, 0.25) is 0 Å². The normalized spacial score (nSPS) is 21.1. The Balaban J connectivity index is 1.66. The molecule has 2 atom stereocenters. The third-order valence-corrected chi connectivity index (χ3v) is 4.70. The van der Waals surface area contributed by atoms with Crippen LogP contribution < -0.4 is 11.1 Å². The molecule has 1 fully saturated rings. The molecule has 1 aliphatic rings. The maximum atomic E-state index is 12.4. The van der Waals surface area contributed by atoms with Crippen molar-refractivity contribution in [3.05, 3.63) is 52.6 Å². The summed E-state index contributed by atoms with van der Waals surface area (Å²) in [6, 6.07) is 8.16. The van der Waals surface area contributed by atoms with E-state index in [1.54, 1.807) is 0 Å². The van der Waals surface area contributed by atoms with Gasteiger partial charge in [-0.15, -0.1) is 0 Å². The predicted molar refractivity (Wildman–Crippen MR) is 90.4 cm³/mol. The van der Waals surface area contributed by atoms with Crippen LogP contribution in [0.4, 0.5) is 0 Å². The van der Waals surface area contributed by atoms with Gasteiger partial charge in [-0.05, 0) is 42.9 Å². The zero-order valence-corrected chi connectivity index (χ0v) is 13.6. The van der Waals surface area contributed by atoms with E-state index in [1.165, 1.54) is 11.9 Å². The molecule has 1 aliphatic carbocycles. The Morgan fingerprint density at radius 2 is 2.30 bits per heavy atom. The van der Waals surface area contributed by atoms with Gasteiger partial charge in [-0.25, -0.2) is 4.98 Å². The first-order valence-electron chi connectivity index (χ1n) is 7.96. The van der Waals surface area contributed by atoms with Crippen LogP contribution in [-0.4, -0.2) is 21.9 Å². The lowest BCUT2D eigenvalue weighted by atomic mass is 9.81. The molecule has 0 radical (unpaired) electrons. The summed E-state index contributed by atoms with van der Waals surface area (Å²) in [5, 5.41) is 3.86. The molecule has 5 nitrogen and oxygen atoms in total. The Hall–Kier alpha value is -1.85. The number of amides is 1. The second kappa shape index (κ2) is 7.15. The van der Waals surface area contributed by atoms with Gasteiger partial charge in [0.05, 0.1) is 12.0 Å². The van der Waals surface area contributed by atoms with Crippen LogP contribution in [0.2, 0.25) is 5.02 Å². The molecule has 6 heteroatoms. The van der Waals surface area contributed by atoms with E-state index in [1.807, 2.05) is 18.2 Å². The van der Waals surface area contributed by atoms with Gasteiger partial charge in [0, 0.05) is 17.6 Å². The van der Waals surface area contributed by atoms with Crippen LogP contribution in [0.25, 0.3) is 0 Å². The number of carbonyl (C=O) groups excluding carboxylic acids is 1. The topological polar surface area (TPSA) is 83.8 Å². The standard InChI is InChI=1S/C17H21ClN4O/c18-13-5-1-3-11(7-13)12-4-2-6-14(8-12)22-17(23)16-15(9-19)20-10-21-16/h1,3,5,7,10,12,14H,2,4,6,8-9,19H2,(H,20,21)(H,22,23). The van der Waals surface area contributed by atoms with Crippen LogP contribution in [-0.2, 0) is 6.54 Å². The van der Waals surface area contributed by atoms with Crippen LogP contribution in [0.15, 0.2) is 30.6 Å². The number of hydrogen-bond donors (Lipinski definition) is 3. The highest BCUT2D eigenvalue weighted by Crippen LogP contribution is 2.34. The maximum Gasteiger partial charge on any atom is 0.272 e. The number of halogens is 1. The van der Waals surface area contributed by atoms with Crippen molar-refractivity contribution in [3.63, 3.8) is 0 Å². The number of hydrogen-bond acceptors (Lipinski definition) is 3. The minimum Gasteiger partial charge on any atom is -0.348 e. The Labute approximate surface area is 140 Å². The summed E-state index contributed by atoms with van der Waals surface area (Å²) in [6.07, 6.45) is 5.64. The Morgan fingerprint density at radius 1 is 1.43 bits per heavy atom. The second-order valence-electron chi connectivity index (χ2n) is 6.02. The van der Waals surface area contributed by atoms with E-state index in [0.29, 0.717) is 17.3 Å². The van der Waals surface area contributed by atoms with E-state index in [4.69, 9.17) is 17.3 Å². The van der Waals surface area contributed by atoms with Gasteiger partial charge < -0.3 is 16.0 Å². The average Bonchev–Trinajstić information content (AvgIpc) is 3.04. The van der Waals surface area contributed by atoms with Crippen molar-refractivity contribution >= 4 is 17.5 Å². The fraction of sp³-hybridized carbons (Fsp3) is 0.412. The third-order valence-electron chi connectivity index (χ3n) is 4.47. The second-order valence-corrected chi connectivity index (χ2v) is 6.46. The lowest BCUT2D eigenvalue weighted by Gasteiger charge is -2.30. The molecule has 2 unspecified atom stereocenters. The first-order chi connectivity index (χ1) is 11.2. The van der Waals surface area contributed by atoms with Crippen molar-refractivity contribution in [1.82, 2.24) is 15.3 Å². The molecule has 1 amide bonds. The number of aromatic nitrogens is 2. The summed E-state index contributed by atoms with van der Waals surface area (Å²) < 4.78 is 0. The molecular formula is C17H21ClN4O. The van der Waals surface area contributed by atoms with E-state index in [0.717, 1.165) is 30.7 Å². The highest BCUT2D eigenvalue weighted by Gasteiger charge is 2.26. The molecule has 1 heterocycles. The van der Waals surface area contributed by atoms with Crippen molar-refractivity contribution < 1.29 is 4.79 Å². The summed E-state index contributed by atoms with van der Waals surface area (Å²) in [4.78, 5) is 19.4. The molecule has 0 bridgehead atoms. The van der Waals surface area contributed by atoms with Gasteiger partial charge in [0.1, 0.15) is 5.69 Å². The fourth-order valence-corrected chi connectivity index (χ4v) is 3.51. The Kier molecular flexibility index (Phi) is 4.98. The van der Waals surface area contributed by atoms with Crippen LogP contribution >= 0.6 is 11.6 Å². The summed E-state index contributed by atoms with van der Waals surface area (Å²) in [5.41, 5.74) is 7.93. The number of nitrogens with two attached hydrogens (primary N) is 1. The molecule has 4 N–H and O–H groups in total. The Morgan fingerprint density at radius 3 is 3.09 bits per heavy atom. The summed E-state index contributed by atoms with van der Waals surface area (Å²) in [5.74, 6) is 0.282. The molecule has 2 aromatic rings. The number of rotatable bonds is 4. The number of H-pyrrole nitrogens is 1. The quantitative estimate of drug-likeness (QED) is 0.804. The molecule has 1 aromatic carbocycles. The largest absolute Gasteiger partial charge is 0.348 e. The minimum atomic E-state index is -0.150. The maximum absolute atomic E-state index is 12.4. The van der Waals surface area contributed by atoms with Gasteiger partial charge in [0.25, 0.3) is 5.91 Å². The SMILES string of the molecule is NCc1[nH]cnc1C(=O)NC1CCCC(c2cccc(Cl)c2)C1. The molecular weight excluding hydrogens is 312 g/mol. The number of nitrogens with one attached hydrogen (secondary N) is 2. The van der Waals surface area contributed by atoms with Gasteiger partial charge >= 0.3 is 0 Å². The molecule has 0 spiro atoms. The first kappa shape index (κ1) is 16.0. The van der Waals surface area contributed by atoms with E-state index >= 15 is 0 Å². The average molecular weight is 333 g/mol. The lowest BCUT2D eigenvalue weighted by molar-refractivity contribution is 0.0919. The van der Waals surface area contributed by atoms with Crippen molar-refractivity contribution in [2.45, 2.75) is 44.2 Å². The monoisotopic (exact) mass is 332 g/mol. The highest BCUT2D eigenvalue weighted by molar-refractivity contribution is 6.30. The van der Waals surface area contributed by atoms with Crippen LogP contribution in [0.1, 0.15) is 53.3 Å². The van der Waals surface area contributed by atoms with Gasteiger partial charge in [0.15, 0.2) is 0 Å². The molecule has 122 valence electrons.